The van der Waals surface area contributed by atoms with Gasteiger partial charge in [-0.25, -0.2) is 18.0 Å². The van der Waals surface area contributed by atoms with Gasteiger partial charge in [0.15, 0.2) is 11.6 Å². The maximum absolute atomic E-state index is 14.6. The topological polar surface area (TPSA) is 75.6 Å². The number of nitrogens with one attached hydrogen (secondary N) is 1. The number of methoxy groups -OCH3 is 1. The lowest BCUT2D eigenvalue weighted by atomic mass is 9.98. The van der Waals surface area contributed by atoms with E-state index in [1.54, 1.807) is 0 Å². The highest BCUT2D eigenvalue weighted by atomic mass is 19.1. The van der Waals surface area contributed by atoms with Crippen LogP contribution >= 0.6 is 0 Å². The van der Waals surface area contributed by atoms with E-state index in [2.05, 4.69) is 10.1 Å². The zero-order valence-corrected chi connectivity index (χ0v) is 15.7. The number of phenols is 1. The summed E-state index contributed by atoms with van der Waals surface area (Å²) in [5, 5.41) is 11.8. The van der Waals surface area contributed by atoms with Gasteiger partial charge in [0.1, 0.15) is 17.2 Å². The lowest BCUT2D eigenvalue weighted by molar-refractivity contribution is 0.0596. The lowest BCUT2D eigenvalue weighted by Crippen LogP contribution is -2.23. The summed E-state index contributed by atoms with van der Waals surface area (Å²) in [5.74, 6) is -4.53. The molecule has 5 nitrogen and oxygen atoms in total. The second kappa shape index (κ2) is 8.69. The molecule has 0 saturated carbocycles. The van der Waals surface area contributed by atoms with Crippen molar-refractivity contribution in [2.75, 3.05) is 7.11 Å². The SMILES string of the molecule is COC(=O)c1c(F)cccc1-c1ccc(CNC(=O)c2ccc(F)c(O)c2)c(F)c1. The van der Waals surface area contributed by atoms with Gasteiger partial charge >= 0.3 is 5.97 Å². The van der Waals surface area contributed by atoms with E-state index in [9.17, 15) is 27.9 Å². The Morgan fingerprint density at radius 3 is 2.40 bits per heavy atom. The van der Waals surface area contributed by atoms with Crippen LogP contribution in [0.5, 0.6) is 5.75 Å². The van der Waals surface area contributed by atoms with Crippen LogP contribution in [0.15, 0.2) is 54.6 Å². The molecule has 0 heterocycles. The maximum atomic E-state index is 14.6. The van der Waals surface area contributed by atoms with Gasteiger partial charge in [0, 0.05) is 17.7 Å². The second-order valence-corrected chi connectivity index (χ2v) is 6.31. The van der Waals surface area contributed by atoms with Crippen LogP contribution < -0.4 is 5.32 Å². The smallest absolute Gasteiger partial charge is 0.341 e. The lowest BCUT2D eigenvalue weighted by Gasteiger charge is -2.11. The molecule has 154 valence electrons. The number of rotatable bonds is 5. The minimum atomic E-state index is -0.887. The van der Waals surface area contributed by atoms with Crippen LogP contribution in [0.4, 0.5) is 13.2 Å². The largest absolute Gasteiger partial charge is 0.505 e. The van der Waals surface area contributed by atoms with E-state index < -0.39 is 35.1 Å². The number of carbonyl (C=O) groups excluding carboxylic acids is 2. The van der Waals surface area contributed by atoms with Gasteiger partial charge in [0.2, 0.25) is 0 Å². The third kappa shape index (κ3) is 4.27. The number of esters is 1. The Kier molecular flexibility index (Phi) is 6.06. The van der Waals surface area contributed by atoms with Crippen LogP contribution in [0.25, 0.3) is 11.1 Å². The van der Waals surface area contributed by atoms with Crippen LogP contribution in [0.1, 0.15) is 26.3 Å². The molecular formula is C22H16F3NO4. The van der Waals surface area contributed by atoms with Crippen LogP contribution in [0.3, 0.4) is 0 Å². The maximum Gasteiger partial charge on any atom is 0.341 e. The third-order valence-corrected chi connectivity index (χ3v) is 4.41. The Balaban J connectivity index is 1.81. The summed E-state index contributed by atoms with van der Waals surface area (Å²) in [6, 6.07) is 11.0. The first-order valence-corrected chi connectivity index (χ1v) is 8.74. The molecule has 0 aliphatic rings. The van der Waals surface area contributed by atoms with Gasteiger partial charge in [-0.1, -0.05) is 24.3 Å². The first kappa shape index (κ1) is 20.9. The van der Waals surface area contributed by atoms with Crippen molar-refractivity contribution >= 4 is 11.9 Å². The Morgan fingerprint density at radius 2 is 1.73 bits per heavy atom. The van der Waals surface area contributed by atoms with Gasteiger partial charge in [-0.15, -0.1) is 0 Å². The van der Waals surface area contributed by atoms with Crippen LogP contribution in [0, 0.1) is 17.5 Å². The van der Waals surface area contributed by atoms with Crippen molar-refractivity contribution in [2.24, 2.45) is 0 Å². The summed E-state index contributed by atoms with van der Waals surface area (Å²) < 4.78 is 46.3. The van der Waals surface area contributed by atoms with E-state index in [-0.39, 0.29) is 34.4 Å². The van der Waals surface area contributed by atoms with Crippen molar-refractivity contribution in [2.45, 2.75) is 6.54 Å². The summed E-state index contributed by atoms with van der Waals surface area (Å²) in [4.78, 5) is 24.0. The Labute approximate surface area is 169 Å². The zero-order chi connectivity index (χ0) is 21.8. The number of hydrogen-bond donors (Lipinski definition) is 2. The Bertz CT molecular complexity index is 1130. The molecule has 3 aromatic carbocycles. The van der Waals surface area contributed by atoms with Crippen molar-refractivity contribution < 1.29 is 32.6 Å². The molecule has 0 bridgehead atoms. The van der Waals surface area contributed by atoms with E-state index in [0.717, 1.165) is 31.4 Å². The van der Waals surface area contributed by atoms with Gasteiger partial charge in [-0.2, -0.15) is 0 Å². The molecule has 0 radical (unpaired) electrons. The number of halogens is 3. The number of amides is 1. The minimum absolute atomic E-state index is 0.00779. The highest BCUT2D eigenvalue weighted by molar-refractivity contribution is 5.97. The summed E-state index contributed by atoms with van der Waals surface area (Å²) in [6.45, 7) is -0.184. The molecule has 0 unspecified atom stereocenters. The van der Waals surface area contributed by atoms with E-state index in [4.69, 9.17) is 0 Å². The highest BCUT2D eigenvalue weighted by Crippen LogP contribution is 2.28. The van der Waals surface area contributed by atoms with Gasteiger partial charge in [-0.3, -0.25) is 4.79 Å². The summed E-state index contributed by atoms with van der Waals surface area (Å²) in [5.41, 5.74) is 0.253. The molecule has 0 aliphatic carbocycles. The molecule has 3 aromatic rings. The quantitative estimate of drug-likeness (QED) is 0.613. The summed E-state index contributed by atoms with van der Waals surface area (Å²) in [6.07, 6.45) is 0. The summed E-state index contributed by atoms with van der Waals surface area (Å²) in [7, 11) is 1.12. The standard InChI is InChI=1S/C22H16F3NO4/c1-30-22(29)20-15(3-2-4-17(20)24)12-5-6-14(18(25)9-12)11-26-21(28)13-7-8-16(23)19(27)10-13/h2-10,27H,11H2,1H3,(H,26,28). The highest BCUT2D eigenvalue weighted by Gasteiger charge is 2.19. The van der Waals surface area contributed by atoms with Crippen molar-refractivity contribution in [1.82, 2.24) is 5.32 Å². The molecule has 0 fully saturated rings. The van der Waals surface area contributed by atoms with Crippen molar-refractivity contribution in [1.29, 1.82) is 0 Å². The van der Waals surface area contributed by atoms with E-state index in [1.165, 1.54) is 30.3 Å². The Hall–Kier alpha value is -3.81. The number of carbonyl (C=O) groups is 2. The van der Waals surface area contributed by atoms with Crippen molar-refractivity contribution in [3.05, 3.63) is 88.7 Å². The van der Waals surface area contributed by atoms with Crippen LogP contribution in [-0.4, -0.2) is 24.1 Å². The average molecular weight is 415 g/mol. The molecule has 0 aliphatic heterocycles. The molecule has 3 rings (SSSR count). The molecule has 2 N–H and O–H groups in total. The number of ether oxygens (including phenoxy) is 1. The second-order valence-electron chi connectivity index (χ2n) is 6.31. The monoisotopic (exact) mass is 415 g/mol. The third-order valence-electron chi connectivity index (χ3n) is 4.41. The first-order chi connectivity index (χ1) is 14.3. The molecule has 30 heavy (non-hydrogen) atoms. The number of phenolic OH excluding ortho intramolecular Hbond substituents is 1. The molecule has 0 atom stereocenters. The zero-order valence-electron chi connectivity index (χ0n) is 15.7. The molecule has 0 aromatic heterocycles. The minimum Gasteiger partial charge on any atom is -0.505 e. The fraction of sp³-hybridized carbons (Fsp3) is 0.0909. The normalized spacial score (nSPS) is 10.5. The number of benzene rings is 3. The number of aromatic hydroxyl groups is 1. The predicted octanol–water partition coefficient (Wildman–Crippen LogP) is 4.19. The van der Waals surface area contributed by atoms with Gasteiger partial charge in [0.05, 0.1) is 7.11 Å². The van der Waals surface area contributed by atoms with Crippen molar-refractivity contribution in [3.63, 3.8) is 0 Å². The van der Waals surface area contributed by atoms with Crippen LogP contribution in [0.2, 0.25) is 0 Å². The average Bonchev–Trinajstić information content (AvgIpc) is 2.73. The van der Waals surface area contributed by atoms with Crippen molar-refractivity contribution in [3.8, 4) is 16.9 Å². The van der Waals surface area contributed by atoms with E-state index in [1.807, 2.05) is 0 Å². The fourth-order valence-corrected chi connectivity index (χ4v) is 2.86. The van der Waals surface area contributed by atoms with Gasteiger partial charge < -0.3 is 15.2 Å². The van der Waals surface area contributed by atoms with Gasteiger partial charge in [-0.05, 0) is 41.5 Å². The number of hydrogen-bond acceptors (Lipinski definition) is 4. The molecule has 0 spiro atoms. The fourth-order valence-electron chi connectivity index (χ4n) is 2.86. The first-order valence-electron chi connectivity index (χ1n) is 8.74. The molecule has 1 amide bonds. The molecular weight excluding hydrogens is 399 g/mol. The van der Waals surface area contributed by atoms with E-state index >= 15 is 0 Å². The van der Waals surface area contributed by atoms with E-state index in [0.29, 0.717) is 0 Å². The Morgan fingerprint density at radius 1 is 0.967 bits per heavy atom. The van der Waals surface area contributed by atoms with Gasteiger partial charge in [0.25, 0.3) is 5.91 Å². The molecule has 8 heteroatoms. The van der Waals surface area contributed by atoms with Crippen LogP contribution in [-0.2, 0) is 11.3 Å². The predicted molar refractivity (Wildman–Crippen MR) is 102 cm³/mol. The summed E-state index contributed by atoms with van der Waals surface area (Å²) >= 11 is 0. The molecule has 0 saturated heterocycles.